The van der Waals surface area contributed by atoms with Crippen molar-refractivity contribution in [2.75, 3.05) is 12.0 Å². The minimum Gasteiger partial charge on any atom is -0.321 e. The molecule has 1 amide bonds. The van der Waals surface area contributed by atoms with Gasteiger partial charge in [0, 0.05) is 18.7 Å². The van der Waals surface area contributed by atoms with E-state index in [0.717, 1.165) is 21.6 Å². The number of rotatable bonds is 6. The second-order valence-electron chi connectivity index (χ2n) is 11.6. The Hall–Kier alpha value is -4.43. The first-order valence-corrected chi connectivity index (χ1v) is 17.9. The molecule has 5 nitrogen and oxygen atoms in total. The topological polar surface area (TPSA) is 74.8 Å². The monoisotopic (exact) mass is 629 g/mol. The Balaban J connectivity index is 0.000000180. The van der Waals surface area contributed by atoms with Gasteiger partial charge in [-0.15, -0.1) is 0 Å². The normalized spacial score (nSPS) is 11.8. The van der Waals surface area contributed by atoms with Crippen molar-refractivity contribution in [2.45, 2.75) is 20.8 Å². The van der Waals surface area contributed by atoms with Crippen LogP contribution in [0, 0.1) is 5.41 Å². The lowest BCUT2D eigenvalue weighted by atomic mass is 9.96. The average molecular weight is 630 g/mol. The van der Waals surface area contributed by atoms with Crippen LogP contribution in [0.2, 0.25) is 0 Å². The third-order valence-corrected chi connectivity index (χ3v) is 11.5. The van der Waals surface area contributed by atoms with Gasteiger partial charge in [-0.1, -0.05) is 136 Å². The van der Waals surface area contributed by atoms with Gasteiger partial charge in [-0.05, 0) is 60.2 Å². The molecule has 1 atom stereocenters. The van der Waals surface area contributed by atoms with Crippen LogP contribution in [0.5, 0.6) is 0 Å². The molecule has 0 aliphatic heterocycles. The van der Waals surface area contributed by atoms with Crippen LogP contribution in [0.3, 0.4) is 0 Å². The van der Waals surface area contributed by atoms with Crippen LogP contribution >= 0.6 is 15.8 Å². The molecule has 6 rings (SSSR count). The fourth-order valence-corrected chi connectivity index (χ4v) is 8.39. The zero-order valence-corrected chi connectivity index (χ0v) is 27.7. The van der Waals surface area contributed by atoms with Gasteiger partial charge in [-0.25, -0.2) is 4.98 Å². The van der Waals surface area contributed by atoms with Gasteiger partial charge in [0.1, 0.15) is 5.82 Å². The SMILES string of the molecule is CP(c1ccccc1)c1cccc(NC(=O)C(C)(C)C)n1.O=c1[nH]c(P(c2ccccc2)c2ccccc2)cc2ccccc12. The van der Waals surface area contributed by atoms with E-state index in [0.29, 0.717) is 5.82 Å². The molecule has 0 aliphatic rings. The average Bonchev–Trinajstić information content (AvgIpc) is 3.06. The molecule has 2 aromatic heterocycles. The van der Waals surface area contributed by atoms with Crippen LogP contribution < -0.4 is 37.7 Å². The standard InChI is InChI=1S/C21H16NOP.C17H21N2OP/c23-21-19-14-8-7-9-16(19)15-20(22-21)24(17-10-3-1-4-11-17)18-12-5-2-6-13-18;1-17(2,3)16(20)19-14-11-8-12-15(18-14)21(4)13-9-6-5-7-10-13/h1-15H,(H,22,23);5-12H,1-4H3,(H,18,19,20). The molecule has 2 N–H and O–H groups in total. The number of aromatic amines is 1. The van der Waals surface area contributed by atoms with Gasteiger partial charge in [-0.3, -0.25) is 9.59 Å². The molecule has 6 aromatic rings. The molecule has 7 heteroatoms. The predicted octanol–water partition coefficient (Wildman–Crippen LogP) is 6.42. The van der Waals surface area contributed by atoms with Gasteiger partial charge < -0.3 is 10.3 Å². The Bertz CT molecular complexity index is 1880. The molecule has 2 heterocycles. The molecule has 0 spiro atoms. The van der Waals surface area contributed by atoms with E-state index in [1.165, 1.54) is 15.9 Å². The number of nitrogens with zero attached hydrogens (tertiary/aromatic N) is 1. The van der Waals surface area contributed by atoms with E-state index in [2.05, 4.69) is 64.4 Å². The highest BCUT2D eigenvalue weighted by Gasteiger charge is 2.22. The molecular formula is C38H37N3O2P2. The summed E-state index contributed by atoms with van der Waals surface area (Å²) in [6.45, 7) is 7.86. The second-order valence-corrected chi connectivity index (χ2v) is 15.8. The fraction of sp³-hybridized carbons (Fsp3) is 0.132. The first-order chi connectivity index (χ1) is 21.7. The minimum atomic E-state index is -0.791. The van der Waals surface area contributed by atoms with Gasteiger partial charge in [-0.2, -0.15) is 0 Å². The van der Waals surface area contributed by atoms with Crippen LogP contribution in [0.15, 0.2) is 144 Å². The summed E-state index contributed by atoms with van der Waals surface area (Å²) in [4.78, 5) is 32.3. The summed E-state index contributed by atoms with van der Waals surface area (Å²) in [5.41, 5.74) is 1.55. The predicted molar refractivity (Wildman–Crippen MR) is 194 cm³/mol. The lowest BCUT2D eigenvalue weighted by Gasteiger charge is -2.19. The first kappa shape index (κ1) is 32.0. The lowest BCUT2D eigenvalue weighted by molar-refractivity contribution is -0.123. The van der Waals surface area contributed by atoms with E-state index >= 15 is 0 Å². The van der Waals surface area contributed by atoms with E-state index in [1.807, 2.05) is 118 Å². The number of carbonyl (C=O) groups is 1. The molecule has 45 heavy (non-hydrogen) atoms. The van der Waals surface area contributed by atoms with Crippen molar-refractivity contribution in [1.29, 1.82) is 0 Å². The molecule has 1 unspecified atom stereocenters. The van der Waals surface area contributed by atoms with Gasteiger partial charge in [0.2, 0.25) is 5.91 Å². The summed E-state index contributed by atoms with van der Waals surface area (Å²) >= 11 is 0. The quantitative estimate of drug-likeness (QED) is 0.209. The molecule has 0 saturated carbocycles. The Labute approximate surface area is 267 Å². The first-order valence-electron chi connectivity index (χ1n) is 14.8. The summed E-state index contributed by atoms with van der Waals surface area (Å²) in [5, 5.41) is 8.33. The number of hydrogen-bond donors (Lipinski definition) is 2. The molecule has 0 fully saturated rings. The number of hydrogen-bond acceptors (Lipinski definition) is 3. The Morgan fingerprint density at radius 3 is 1.80 bits per heavy atom. The Morgan fingerprint density at radius 1 is 0.689 bits per heavy atom. The van der Waals surface area contributed by atoms with E-state index < -0.39 is 21.3 Å². The number of benzene rings is 4. The number of carbonyl (C=O) groups excluding carboxylic acids is 1. The van der Waals surface area contributed by atoms with E-state index in [-0.39, 0.29) is 11.5 Å². The number of pyridine rings is 2. The van der Waals surface area contributed by atoms with E-state index in [4.69, 9.17) is 0 Å². The van der Waals surface area contributed by atoms with Crippen molar-refractivity contribution in [3.8, 4) is 0 Å². The number of amides is 1. The van der Waals surface area contributed by atoms with Crippen molar-refractivity contribution in [2.24, 2.45) is 5.41 Å². The van der Waals surface area contributed by atoms with Crippen LogP contribution in [0.4, 0.5) is 5.82 Å². The molecule has 0 aliphatic carbocycles. The highest BCUT2D eigenvalue weighted by atomic mass is 31.1. The summed E-state index contributed by atoms with van der Waals surface area (Å²) in [6.07, 6.45) is 0. The van der Waals surface area contributed by atoms with E-state index in [1.54, 1.807) is 0 Å². The summed E-state index contributed by atoms with van der Waals surface area (Å²) in [5.74, 6) is 0.602. The molecule has 0 bridgehead atoms. The number of H-pyrrole nitrogens is 1. The maximum absolute atomic E-state index is 12.5. The molecule has 0 saturated heterocycles. The maximum atomic E-state index is 12.5. The number of nitrogens with one attached hydrogen (secondary N) is 2. The number of aromatic nitrogens is 2. The third kappa shape index (κ3) is 8.19. The third-order valence-electron chi connectivity index (χ3n) is 7.15. The fourth-order valence-electron chi connectivity index (χ4n) is 4.67. The number of anilines is 1. The lowest BCUT2D eigenvalue weighted by Crippen LogP contribution is -2.28. The highest BCUT2D eigenvalue weighted by molar-refractivity contribution is 7.79. The van der Waals surface area contributed by atoms with Crippen LogP contribution in [-0.4, -0.2) is 22.5 Å². The summed E-state index contributed by atoms with van der Waals surface area (Å²) in [7, 11) is -1.29. The van der Waals surface area contributed by atoms with Crippen LogP contribution in [0.1, 0.15) is 20.8 Å². The molecule has 226 valence electrons. The van der Waals surface area contributed by atoms with Crippen molar-refractivity contribution < 1.29 is 4.79 Å². The zero-order valence-electron chi connectivity index (χ0n) is 25.9. The number of fused-ring (bicyclic) bond motifs is 1. The van der Waals surface area contributed by atoms with Gasteiger partial charge in [0.05, 0.1) is 10.9 Å². The zero-order chi connectivity index (χ0) is 31.8. The smallest absolute Gasteiger partial charge is 0.256 e. The second kappa shape index (κ2) is 14.6. The largest absolute Gasteiger partial charge is 0.321 e. The molecular weight excluding hydrogens is 592 g/mol. The Morgan fingerprint density at radius 2 is 1.22 bits per heavy atom. The maximum Gasteiger partial charge on any atom is 0.256 e. The highest BCUT2D eigenvalue weighted by Crippen LogP contribution is 2.32. The van der Waals surface area contributed by atoms with Crippen molar-refractivity contribution in [3.63, 3.8) is 0 Å². The van der Waals surface area contributed by atoms with Gasteiger partial charge in [0.15, 0.2) is 0 Å². The summed E-state index contributed by atoms with van der Waals surface area (Å²) in [6, 6.07) is 46.7. The molecule has 4 aromatic carbocycles. The van der Waals surface area contributed by atoms with Crippen molar-refractivity contribution >= 4 is 65.1 Å². The van der Waals surface area contributed by atoms with Crippen LogP contribution in [0.25, 0.3) is 10.8 Å². The van der Waals surface area contributed by atoms with Gasteiger partial charge in [0.25, 0.3) is 5.56 Å². The minimum absolute atomic E-state index is 0.0210. The van der Waals surface area contributed by atoms with Crippen LogP contribution in [-0.2, 0) is 4.79 Å². The molecule has 0 radical (unpaired) electrons. The summed E-state index contributed by atoms with van der Waals surface area (Å²) < 4.78 is 0. The van der Waals surface area contributed by atoms with Crippen molar-refractivity contribution in [1.82, 2.24) is 9.97 Å². The van der Waals surface area contributed by atoms with Crippen molar-refractivity contribution in [3.05, 3.63) is 150 Å². The van der Waals surface area contributed by atoms with E-state index in [9.17, 15) is 9.59 Å². The Kier molecular flexibility index (Phi) is 10.4. The van der Waals surface area contributed by atoms with Gasteiger partial charge >= 0.3 is 0 Å².